The van der Waals surface area contributed by atoms with E-state index in [2.05, 4.69) is 43.1 Å². The van der Waals surface area contributed by atoms with Crippen molar-refractivity contribution < 1.29 is 9.21 Å². The average molecular weight is 375 g/mol. The van der Waals surface area contributed by atoms with Crippen LogP contribution in [0.25, 0.3) is 17.5 Å². The molecule has 0 atom stereocenters. The minimum Gasteiger partial charge on any atom is -0.419 e. The maximum atomic E-state index is 12.3. The molecule has 0 bridgehead atoms. The molecule has 3 rings (SSSR count). The summed E-state index contributed by atoms with van der Waals surface area (Å²) in [5.74, 6) is 0.730. The lowest BCUT2D eigenvalue weighted by Crippen LogP contribution is -2.24. The van der Waals surface area contributed by atoms with Crippen molar-refractivity contribution in [2.45, 2.75) is 32.7 Å². The van der Waals surface area contributed by atoms with Gasteiger partial charge in [-0.15, -0.1) is 10.2 Å². The van der Waals surface area contributed by atoms with Crippen LogP contribution in [0.4, 0.5) is 0 Å². The maximum Gasteiger partial charge on any atom is 0.247 e. The summed E-state index contributed by atoms with van der Waals surface area (Å²) in [6, 6.07) is 17.8. The molecule has 0 N–H and O–H groups in total. The standard InChI is InChI=1S/C23H25N3O2/c1-23(2,3)19-13-11-18(12-14-19)22-25-24-20(28-22)16-26(4)21(27)15-10-17-8-6-5-7-9-17/h5-15H,16H2,1-4H3/b15-10+. The summed E-state index contributed by atoms with van der Waals surface area (Å²) in [4.78, 5) is 13.8. The number of hydrogen-bond acceptors (Lipinski definition) is 4. The third kappa shape index (κ3) is 4.94. The van der Waals surface area contributed by atoms with E-state index in [1.807, 2.05) is 42.5 Å². The third-order valence-corrected chi connectivity index (χ3v) is 4.43. The van der Waals surface area contributed by atoms with Crippen molar-refractivity contribution in [3.8, 4) is 11.5 Å². The van der Waals surface area contributed by atoms with Crippen molar-refractivity contribution >= 4 is 12.0 Å². The summed E-state index contributed by atoms with van der Waals surface area (Å²) in [5, 5.41) is 8.18. The second kappa shape index (κ2) is 8.21. The van der Waals surface area contributed by atoms with E-state index in [1.54, 1.807) is 18.0 Å². The third-order valence-electron chi connectivity index (χ3n) is 4.43. The van der Waals surface area contributed by atoms with Crippen LogP contribution < -0.4 is 0 Å². The van der Waals surface area contributed by atoms with Crippen molar-refractivity contribution in [2.24, 2.45) is 0 Å². The lowest BCUT2D eigenvalue weighted by atomic mass is 9.87. The molecule has 0 aliphatic carbocycles. The van der Waals surface area contributed by atoms with Gasteiger partial charge in [0.15, 0.2) is 0 Å². The molecule has 144 valence electrons. The van der Waals surface area contributed by atoms with Crippen LogP contribution in [0.1, 0.15) is 37.8 Å². The van der Waals surface area contributed by atoms with Crippen molar-refractivity contribution in [3.05, 3.63) is 77.7 Å². The Morgan fingerprint density at radius 2 is 1.71 bits per heavy atom. The fourth-order valence-corrected chi connectivity index (χ4v) is 2.69. The zero-order valence-corrected chi connectivity index (χ0v) is 16.7. The van der Waals surface area contributed by atoms with Crippen LogP contribution in [0.5, 0.6) is 0 Å². The van der Waals surface area contributed by atoms with E-state index in [4.69, 9.17) is 4.42 Å². The summed E-state index contributed by atoms with van der Waals surface area (Å²) in [6.45, 7) is 6.77. The molecule has 3 aromatic rings. The second-order valence-electron chi connectivity index (χ2n) is 7.77. The molecule has 1 aromatic heterocycles. The topological polar surface area (TPSA) is 59.2 Å². The Morgan fingerprint density at radius 1 is 1.04 bits per heavy atom. The molecular formula is C23H25N3O2. The number of nitrogens with zero attached hydrogens (tertiary/aromatic N) is 3. The van der Waals surface area contributed by atoms with Crippen LogP contribution in [0.3, 0.4) is 0 Å². The van der Waals surface area contributed by atoms with Crippen LogP contribution in [0.15, 0.2) is 65.1 Å². The number of carbonyl (C=O) groups is 1. The van der Waals surface area contributed by atoms with Crippen molar-refractivity contribution in [2.75, 3.05) is 7.05 Å². The van der Waals surface area contributed by atoms with Crippen LogP contribution in [0.2, 0.25) is 0 Å². The number of rotatable bonds is 5. The molecule has 1 amide bonds. The zero-order valence-electron chi connectivity index (χ0n) is 16.7. The highest BCUT2D eigenvalue weighted by molar-refractivity contribution is 5.91. The molecule has 0 fully saturated rings. The molecule has 5 heteroatoms. The molecule has 1 heterocycles. The minimum atomic E-state index is -0.127. The fraction of sp³-hybridized carbons (Fsp3) is 0.261. The van der Waals surface area contributed by atoms with Crippen molar-refractivity contribution in [1.82, 2.24) is 15.1 Å². The molecule has 0 aliphatic heterocycles. The van der Waals surface area contributed by atoms with Gasteiger partial charge in [-0.3, -0.25) is 4.79 Å². The molecule has 0 unspecified atom stereocenters. The van der Waals surface area contributed by atoms with Crippen molar-refractivity contribution in [1.29, 1.82) is 0 Å². The van der Waals surface area contributed by atoms with Gasteiger partial charge < -0.3 is 9.32 Å². The number of aromatic nitrogens is 2. The van der Waals surface area contributed by atoms with Gasteiger partial charge in [0.2, 0.25) is 17.7 Å². The van der Waals surface area contributed by atoms with E-state index in [-0.39, 0.29) is 17.9 Å². The van der Waals surface area contributed by atoms with Gasteiger partial charge in [-0.2, -0.15) is 0 Å². The van der Waals surface area contributed by atoms with E-state index in [9.17, 15) is 4.79 Å². The minimum absolute atomic E-state index is 0.0921. The molecule has 0 saturated carbocycles. The Morgan fingerprint density at radius 3 is 2.36 bits per heavy atom. The Bertz CT molecular complexity index is 952. The number of benzene rings is 2. The highest BCUT2D eigenvalue weighted by atomic mass is 16.4. The lowest BCUT2D eigenvalue weighted by molar-refractivity contribution is -0.125. The molecule has 0 saturated heterocycles. The average Bonchev–Trinajstić information content (AvgIpc) is 3.14. The molecule has 0 aliphatic rings. The Kier molecular flexibility index (Phi) is 5.73. The molecule has 0 radical (unpaired) electrons. The quantitative estimate of drug-likeness (QED) is 0.606. The van der Waals surface area contributed by atoms with Crippen LogP contribution >= 0.6 is 0 Å². The van der Waals surface area contributed by atoms with E-state index < -0.39 is 0 Å². The van der Waals surface area contributed by atoms with Gasteiger partial charge in [-0.25, -0.2) is 0 Å². The highest BCUT2D eigenvalue weighted by Crippen LogP contribution is 2.25. The first-order valence-electron chi connectivity index (χ1n) is 9.24. The first-order valence-corrected chi connectivity index (χ1v) is 9.24. The summed E-state index contributed by atoms with van der Waals surface area (Å²) >= 11 is 0. The maximum absolute atomic E-state index is 12.3. The first kappa shape index (κ1) is 19.5. The first-order chi connectivity index (χ1) is 13.3. The number of carbonyl (C=O) groups excluding carboxylic acids is 1. The van der Waals surface area contributed by atoms with Crippen LogP contribution in [0, 0.1) is 0 Å². The fourth-order valence-electron chi connectivity index (χ4n) is 2.69. The second-order valence-corrected chi connectivity index (χ2v) is 7.77. The van der Waals surface area contributed by atoms with Gasteiger partial charge in [0, 0.05) is 18.7 Å². The number of amides is 1. The number of hydrogen-bond donors (Lipinski definition) is 0. The van der Waals surface area contributed by atoms with Crippen LogP contribution in [-0.4, -0.2) is 28.1 Å². The van der Waals surface area contributed by atoms with E-state index in [0.717, 1.165) is 11.1 Å². The Labute approximate surface area is 165 Å². The molecule has 0 spiro atoms. The summed E-state index contributed by atoms with van der Waals surface area (Å²) < 4.78 is 5.74. The van der Waals surface area contributed by atoms with Gasteiger partial charge in [-0.1, -0.05) is 63.2 Å². The van der Waals surface area contributed by atoms with Crippen molar-refractivity contribution in [3.63, 3.8) is 0 Å². The van der Waals surface area contributed by atoms with Gasteiger partial charge in [0.05, 0.1) is 6.54 Å². The summed E-state index contributed by atoms with van der Waals surface area (Å²) in [7, 11) is 1.71. The lowest BCUT2D eigenvalue weighted by Gasteiger charge is -2.18. The smallest absolute Gasteiger partial charge is 0.247 e. The van der Waals surface area contributed by atoms with Crippen LogP contribution in [-0.2, 0) is 16.8 Å². The van der Waals surface area contributed by atoms with Gasteiger partial charge in [0.25, 0.3) is 0 Å². The highest BCUT2D eigenvalue weighted by Gasteiger charge is 2.16. The summed E-state index contributed by atoms with van der Waals surface area (Å²) in [6.07, 6.45) is 3.33. The van der Waals surface area contributed by atoms with Gasteiger partial charge >= 0.3 is 0 Å². The SMILES string of the molecule is CN(Cc1nnc(-c2ccc(C(C)(C)C)cc2)o1)C(=O)/C=C/c1ccccc1. The Hall–Kier alpha value is -3.21. The molecule has 2 aromatic carbocycles. The molecular weight excluding hydrogens is 350 g/mol. The summed E-state index contributed by atoms with van der Waals surface area (Å²) in [5.41, 5.74) is 3.17. The molecule has 5 nitrogen and oxygen atoms in total. The van der Waals surface area contributed by atoms with Gasteiger partial charge in [0.1, 0.15) is 0 Å². The zero-order chi connectivity index (χ0) is 20.1. The van der Waals surface area contributed by atoms with E-state index >= 15 is 0 Å². The monoisotopic (exact) mass is 375 g/mol. The largest absolute Gasteiger partial charge is 0.419 e. The number of likely N-dealkylation sites (N-methyl/N-ethyl adjacent to an activating group) is 1. The van der Waals surface area contributed by atoms with E-state index in [0.29, 0.717) is 11.8 Å². The molecule has 28 heavy (non-hydrogen) atoms. The van der Waals surface area contributed by atoms with Gasteiger partial charge in [-0.05, 0) is 34.8 Å². The predicted molar refractivity (Wildman–Crippen MR) is 110 cm³/mol. The predicted octanol–water partition coefficient (Wildman–Crippen LogP) is 4.71. The Balaban J connectivity index is 1.64. The normalized spacial score (nSPS) is 11.7. The van der Waals surface area contributed by atoms with E-state index in [1.165, 1.54) is 11.6 Å².